The second-order valence-corrected chi connectivity index (χ2v) is 4.93. The minimum Gasteiger partial charge on any atom is -0.506 e. The van der Waals surface area contributed by atoms with Crippen LogP contribution in [0, 0.1) is 0 Å². The highest BCUT2D eigenvalue weighted by molar-refractivity contribution is 6.32. The lowest BCUT2D eigenvalue weighted by Gasteiger charge is -2.24. The molecule has 1 aliphatic heterocycles. The maximum atomic E-state index is 10.1. The molecule has 1 aliphatic rings. The van der Waals surface area contributed by atoms with Crippen LogP contribution >= 0.6 is 11.6 Å². The van der Waals surface area contributed by atoms with Gasteiger partial charge in [0.2, 0.25) is 0 Å². The Morgan fingerprint density at radius 2 is 1.94 bits per heavy atom. The van der Waals surface area contributed by atoms with Gasteiger partial charge in [-0.25, -0.2) is 0 Å². The number of phenolic OH excluding ortho intramolecular Hbond substituents is 1. The molecule has 1 aromatic carbocycles. The highest BCUT2D eigenvalue weighted by atomic mass is 35.5. The van der Waals surface area contributed by atoms with Gasteiger partial charge in [-0.1, -0.05) is 11.6 Å². The molecule has 0 spiro atoms. The number of rotatable bonds is 1. The van der Waals surface area contributed by atoms with Crippen LogP contribution in [0.15, 0.2) is 6.07 Å². The van der Waals surface area contributed by atoms with Crippen LogP contribution in [0.5, 0.6) is 17.2 Å². The number of halogens is 1. The number of hydrogen-bond acceptors (Lipinski definition) is 4. The molecule has 0 unspecified atom stereocenters. The number of fused-ring (bicyclic) bond motifs is 1. The van der Waals surface area contributed by atoms with E-state index in [1.807, 2.05) is 0 Å². The molecular formula is C12H15ClO4. The predicted octanol–water partition coefficient (Wildman–Crippen LogP) is 2.43. The van der Waals surface area contributed by atoms with Crippen LogP contribution in [0.2, 0.25) is 5.02 Å². The van der Waals surface area contributed by atoms with Crippen LogP contribution in [0.3, 0.4) is 0 Å². The zero-order valence-electron chi connectivity index (χ0n) is 9.79. The molecule has 0 radical (unpaired) electrons. The Labute approximate surface area is 105 Å². The van der Waals surface area contributed by atoms with Crippen molar-refractivity contribution in [2.24, 2.45) is 0 Å². The van der Waals surface area contributed by atoms with Crippen LogP contribution in [0.4, 0.5) is 0 Å². The van der Waals surface area contributed by atoms with Gasteiger partial charge in [-0.2, -0.15) is 0 Å². The van der Waals surface area contributed by atoms with Crippen molar-refractivity contribution in [1.29, 1.82) is 0 Å². The minimum absolute atomic E-state index is 0.145. The molecule has 2 N–H and O–H groups in total. The summed E-state index contributed by atoms with van der Waals surface area (Å²) in [7, 11) is 0. The summed E-state index contributed by atoms with van der Waals surface area (Å²) in [5, 5.41) is 20.2. The van der Waals surface area contributed by atoms with Gasteiger partial charge in [-0.15, -0.1) is 0 Å². The van der Waals surface area contributed by atoms with Gasteiger partial charge in [0.25, 0.3) is 0 Å². The lowest BCUT2D eigenvalue weighted by molar-refractivity contribution is 0.0718. The Kier molecular flexibility index (Phi) is 3.10. The van der Waals surface area contributed by atoms with Gasteiger partial charge in [0.1, 0.15) is 5.75 Å². The van der Waals surface area contributed by atoms with E-state index in [2.05, 4.69) is 0 Å². The highest BCUT2D eigenvalue weighted by Gasteiger charge is 2.31. The van der Waals surface area contributed by atoms with Crippen LogP contribution in [0.1, 0.15) is 25.8 Å². The molecule has 0 saturated heterocycles. The first-order valence-corrected chi connectivity index (χ1v) is 5.83. The second kappa shape index (κ2) is 4.27. The summed E-state index contributed by atoms with van der Waals surface area (Å²) >= 11 is 5.91. The molecular weight excluding hydrogens is 244 g/mol. The normalized spacial score (nSPS) is 15.5. The van der Waals surface area contributed by atoms with Gasteiger partial charge in [0.15, 0.2) is 11.5 Å². The van der Waals surface area contributed by atoms with Gasteiger partial charge in [0, 0.05) is 12.5 Å². The third kappa shape index (κ3) is 2.28. The van der Waals surface area contributed by atoms with Crippen molar-refractivity contribution in [2.75, 3.05) is 13.2 Å². The average molecular weight is 259 g/mol. The molecule has 0 amide bonds. The minimum atomic E-state index is -1.26. The summed E-state index contributed by atoms with van der Waals surface area (Å²) in [6.07, 6.45) is 0.748. The van der Waals surface area contributed by atoms with E-state index in [1.54, 1.807) is 13.8 Å². The van der Waals surface area contributed by atoms with Crippen LogP contribution in [-0.2, 0) is 5.60 Å². The Balaban J connectivity index is 2.66. The molecule has 2 rings (SSSR count). The van der Waals surface area contributed by atoms with Crippen molar-refractivity contribution < 1.29 is 19.7 Å². The highest BCUT2D eigenvalue weighted by Crippen LogP contribution is 2.47. The summed E-state index contributed by atoms with van der Waals surface area (Å²) in [4.78, 5) is 0. The molecule has 4 nitrogen and oxygen atoms in total. The maximum Gasteiger partial charge on any atom is 0.171 e. The van der Waals surface area contributed by atoms with Gasteiger partial charge >= 0.3 is 0 Å². The molecule has 0 saturated carbocycles. The lowest BCUT2D eigenvalue weighted by Crippen LogP contribution is -2.18. The molecule has 1 heterocycles. The molecule has 0 atom stereocenters. The lowest BCUT2D eigenvalue weighted by atomic mass is 9.95. The van der Waals surface area contributed by atoms with Gasteiger partial charge in [0.05, 0.1) is 29.4 Å². The number of aromatic hydroxyl groups is 1. The monoisotopic (exact) mass is 258 g/mol. The topological polar surface area (TPSA) is 58.9 Å². The fourth-order valence-corrected chi connectivity index (χ4v) is 2.03. The average Bonchev–Trinajstić information content (AvgIpc) is 2.42. The van der Waals surface area contributed by atoms with Gasteiger partial charge in [-0.05, 0) is 13.8 Å². The molecule has 0 bridgehead atoms. The third-order valence-electron chi connectivity index (χ3n) is 2.58. The number of hydrogen-bond donors (Lipinski definition) is 2. The number of benzene rings is 1. The Morgan fingerprint density at radius 1 is 1.29 bits per heavy atom. The van der Waals surface area contributed by atoms with Crippen molar-refractivity contribution >= 4 is 11.6 Å². The van der Waals surface area contributed by atoms with Crippen molar-refractivity contribution in [3.8, 4) is 17.2 Å². The zero-order valence-corrected chi connectivity index (χ0v) is 10.5. The molecule has 1 aromatic rings. The molecule has 0 aromatic heterocycles. The molecule has 0 aliphatic carbocycles. The van der Waals surface area contributed by atoms with Crippen molar-refractivity contribution in [1.82, 2.24) is 0 Å². The number of aliphatic hydroxyl groups is 1. The Morgan fingerprint density at radius 3 is 2.59 bits per heavy atom. The first kappa shape index (κ1) is 12.3. The molecule has 5 heteroatoms. The summed E-state index contributed by atoms with van der Waals surface area (Å²) in [5.41, 5.74) is -0.992. The largest absolute Gasteiger partial charge is 0.506 e. The van der Waals surface area contributed by atoms with Gasteiger partial charge in [-0.3, -0.25) is 0 Å². The molecule has 0 fully saturated rings. The van der Waals surface area contributed by atoms with E-state index in [0.29, 0.717) is 24.7 Å². The number of ether oxygens (including phenoxy) is 2. The standard InChI is InChI=1S/C12H15ClO4/c1-12(2,15)9-10(14)7(13)6-8-11(9)17-5-3-4-16-8/h6,14-15H,3-5H2,1-2H3. The van der Waals surface area contributed by atoms with E-state index in [0.717, 1.165) is 6.42 Å². The summed E-state index contributed by atoms with van der Waals surface area (Å²) < 4.78 is 11.0. The molecule has 17 heavy (non-hydrogen) atoms. The van der Waals surface area contributed by atoms with E-state index < -0.39 is 5.60 Å². The third-order valence-corrected chi connectivity index (χ3v) is 2.86. The van der Waals surface area contributed by atoms with Crippen LogP contribution in [0.25, 0.3) is 0 Å². The van der Waals surface area contributed by atoms with Crippen LogP contribution < -0.4 is 9.47 Å². The van der Waals surface area contributed by atoms with Crippen LogP contribution in [-0.4, -0.2) is 23.4 Å². The first-order chi connectivity index (χ1) is 7.91. The summed E-state index contributed by atoms with van der Waals surface area (Å²) in [6, 6.07) is 1.51. The van der Waals surface area contributed by atoms with E-state index in [-0.39, 0.29) is 16.3 Å². The van der Waals surface area contributed by atoms with E-state index >= 15 is 0 Å². The fourth-order valence-electron chi connectivity index (χ4n) is 1.83. The van der Waals surface area contributed by atoms with Crippen molar-refractivity contribution in [3.05, 3.63) is 16.7 Å². The summed E-state index contributed by atoms with van der Waals surface area (Å²) in [5.74, 6) is 0.669. The number of phenols is 1. The Bertz CT molecular complexity index is 437. The SMILES string of the molecule is CC(C)(O)c1c(O)c(Cl)cc2c1OCCCO2. The van der Waals surface area contributed by atoms with E-state index in [1.165, 1.54) is 6.07 Å². The first-order valence-electron chi connectivity index (χ1n) is 5.45. The van der Waals surface area contributed by atoms with Crippen molar-refractivity contribution in [2.45, 2.75) is 25.9 Å². The van der Waals surface area contributed by atoms with E-state index in [9.17, 15) is 10.2 Å². The smallest absolute Gasteiger partial charge is 0.171 e. The van der Waals surface area contributed by atoms with Crippen molar-refractivity contribution in [3.63, 3.8) is 0 Å². The fraction of sp³-hybridized carbons (Fsp3) is 0.500. The predicted molar refractivity (Wildman–Crippen MR) is 64.0 cm³/mol. The maximum absolute atomic E-state index is 10.1. The van der Waals surface area contributed by atoms with E-state index in [4.69, 9.17) is 21.1 Å². The quantitative estimate of drug-likeness (QED) is 0.812. The van der Waals surface area contributed by atoms with Gasteiger partial charge < -0.3 is 19.7 Å². The Hall–Kier alpha value is -1.13. The molecule has 94 valence electrons. The second-order valence-electron chi connectivity index (χ2n) is 4.52. The summed E-state index contributed by atoms with van der Waals surface area (Å²) in [6.45, 7) is 4.14. The zero-order chi connectivity index (χ0) is 12.6.